The average Bonchev–Trinajstić information content (AvgIpc) is 2.62. The fourth-order valence-corrected chi connectivity index (χ4v) is 2.37. The zero-order valence-corrected chi connectivity index (χ0v) is 14.5. The summed E-state index contributed by atoms with van der Waals surface area (Å²) >= 11 is 0. The molecule has 0 aliphatic heterocycles. The molecular formula is C19H20F2N3O2+. The van der Waals surface area contributed by atoms with E-state index in [-0.39, 0.29) is 17.7 Å². The van der Waals surface area contributed by atoms with Crippen molar-refractivity contribution in [2.75, 3.05) is 12.4 Å². The normalized spacial score (nSPS) is 12.9. The Morgan fingerprint density at radius 2 is 1.81 bits per heavy atom. The molecule has 0 saturated carbocycles. The molecule has 0 aliphatic rings. The predicted octanol–water partition coefficient (Wildman–Crippen LogP) is 2.20. The molecule has 0 spiro atoms. The fourth-order valence-electron chi connectivity index (χ4n) is 2.37. The highest BCUT2D eigenvalue weighted by atomic mass is 19.3. The first-order valence-corrected chi connectivity index (χ1v) is 8.06. The van der Waals surface area contributed by atoms with E-state index in [1.165, 1.54) is 12.1 Å². The predicted molar refractivity (Wildman–Crippen MR) is 92.9 cm³/mol. The Bertz CT molecular complexity index is 771. The van der Waals surface area contributed by atoms with Gasteiger partial charge in [0, 0.05) is 11.3 Å². The molecule has 0 saturated heterocycles. The van der Waals surface area contributed by atoms with Crippen molar-refractivity contribution in [1.29, 1.82) is 5.26 Å². The Morgan fingerprint density at radius 1 is 1.19 bits per heavy atom. The quantitative estimate of drug-likeness (QED) is 0.796. The maximum Gasteiger partial charge on any atom is 0.387 e. The van der Waals surface area contributed by atoms with Gasteiger partial charge in [0.05, 0.1) is 18.7 Å². The fraction of sp³-hybridized carbons (Fsp3) is 0.263. The number of nitrogens with one attached hydrogen (secondary N) is 2. The van der Waals surface area contributed by atoms with Gasteiger partial charge in [-0.05, 0) is 55.5 Å². The van der Waals surface area contributed by atoms with E-state index in [0.717, 1.165) is 10.5 Å². The SMILES string of the molecule is C[C@H](C(=O)Nc1ccc(C#N)cc1)[NH+](C)Cc1ccc(OC(F)F)cc1. The number of nitriles is 1. The van der Waals surface area contributed by atoms with Crippen molar-refractivity contribution in [2.45, 2.75) is 26.1 Å². The summed E-state index contributed by atoms with van der Waals surface area (Å²) < 4.78 is 28.6. The number of anilines is 1. The second kappa shape index (κ2) is 8.92. The number of rotatable bonds is 7. The maximum absolute atomic E-state index is 12.4. The smallest absolute Gasteiger partial charge is 0.387 e. The first kappa shape index (κ1) is 19.3. The minimum absolute atomic E-state index is 0.105. The van der Waals surface area contributed by atoms with Crippen LogP contribution in [-0.2, 0) is 11.3 Å². The van der Waals surface area contributed by atoms with Crippen LogP contribution in [0.2, 0.25) is 0 Å². The van der Waals surface area contributed by atoms with Crippen LogP contribution in [0.3, 0.4) is 0 Å². The second-order valence-electron chi connectivity index (χ2n) is 5.95. The lowest BCUT2D eigenvalue weighted by molar-refractivity contribution is -0.907. The minimum atomic E-state index is -2.85. The number of quaternary nitrogens is 1. The first-order chi connectivity index (χ1) is 12.4. The van der Waals surface area contributed by atoms with Crippen molar-refractivity contribution < 1.29 is 23.2 Å². The molecule has 2 rings (SSSR count). The molecule has 0 aliphatic carbocycles. The average molecular weight is 360 g/mol. The van der Waals surface area contributed by atoms with Gasteiger partial charge in [-0.15, -0.1) is 0 Å². The molecule has 26 heavy (non-hydrogen) atoms. The summed E-state index contributed by atoms with van der Waals surface area (Å²) in [5.74, 6) is -0.0436. The van der Waals surface area contributed by atoms with Gasteiger partial charge in [0.25, 0.3) is 5.91 Å². The Hall–Kier alpha value is -2.98. The van der Waals surface area contributed by atoms with Crippen LogP contribution >= 0.6 is 0 Å². The third kappa shape index (κ3) is 5.53. The topological polar surface area (TPSA) is 66.6 Å². The highest BCUT2D eigenvalue weighted by molar-refractivity contribution is 5.93. The van der Waals surface area contributed by atoms with E-state index in [1.54, 1.807) is 36.4 Å². The van der Waals surface area contributed by atoms with E-state index in [1.807, 2.05) is 20.0 Å². The first-order valence-electron chi connectivity index (χ1n) is 8.06. The van der Waals surface area contributed by atoms with Crippen molar-refractivity contribution in [1.82, 2.24) is 0 Å². The number of alkyl halides is 2. The molecular weight excluding hydrogens is 340 g/mol. The summed E-state index contributed by atoms with van der Waals surface area (Å²) in [6.45, 7) is -0.487. The molecule has 0 aromatic heterocycles. The number of halogens is 2. The molecule has 0 fully saturated rings. The Labute approximate surface area is 150 Å². The third-order valence-electron chi connectivity index (χ3n) is 4.05. The van der Waals surface area contributed by atoms with Gasteiger partial charge >= 0.3 is 6.61 Å². The van der Waals surface area contributed by atoms with E-state index in [4.69, 9.17) is 5.26 Å². The van der Waals surface area contributed by atoms with Crippen molar-refractivity contribution in [3.63, 3.8) is 0 Å². The van der Waals surface area contributed by atoms with Crippen molar-refractivity contribution in [3.05, 3.63) is 59.7 Å². The van der Waals surface area contributed by atoms with Crippen LogP contribution in [0.15, 0.2) is 48.5 Å². The third-order valence-corrected chi connectivity index (χ3v) is 4.05. The van der Waals surface area contributed by atoms with Crippen LogP contribution in [0.5, 0.6) is 5.75 Å². The number of amides is 1. The molecule has 5 nitrogen and oxygen atoms in total. The summed E-state index contributed by atoms with van der Waals surface area (Å²) in [6.07, 6.45) is 0. The number of benzene rings is 2. The Kier molecular flexibility index (Phi) is 6.64. The molecule has 1 unspecified atom stereocenters. The molecule has 2 atom stereocenters. The molecule has 7 heteroatoms. The lowest BCUT2D eigenvalue weighted by atomic mass is 10.1. The van der Waals surface area contributed by atoms with Gasteiger partial charge in [-0.1, -0.05) is 0 Å². The zero-order valence-electron chi connectivity index (χ0n) is 14.5. The minimum Gasteiger partial charge on any atom is -0.435 e. The number of nitrogens with zero attached hydrogens (tertiary/aromatic N) is 1. The van der Waals surface area contributed by atoms with Crippen LogP contribution in [0.25, 0.3) is 0 Å². The molecule has 2 N–H and O–H groups in total. The van der Waals surface area contributed by atoms with Gasteiger partial charge in [0.15, 0.2) is 6.04 Å². The van der Waals surface area contributed by atoms with Gasteiger partial charge in [0.2, 0.25) is 0 Å². The lowest BCUT2D eigenvalue weighted by Crippen LogP contribution is -3.12. The number of carbonyl (C=O) groups is 1. The van der Waals surface area contributed by atoms with Crippen LogP contribution in [0, 0.1) is 11.3 Å². The van der Waals surface area contributed by atoms with Crippen LogP contribution in [0.4, 0.5) is 14.5 Å². The van der Waals surface area contributed by atoms with Gasteiger partial charge in [0.1, 0.15) is 12.3 Å². The maximum atomic E-state index is 12.4. The Balaban J connectivity index is 1.92. The van der Waals surface area contributed by atoms with Crippen molar-refractivity contribution in [2.24, 2.45) is 0 Å². The van der Waals surface area contributed by atoms with E-state index >= 15 is 0 Å². The van der Waals surface area contributed by atoms with E-state index in [9.17, 15) is 13.6 Å². The summed E-state index contributed by atoms with van der Waals surface area (Å²) in [4.78, 5) is 13.3. The highest BCUT2D eigenvalue weighted by Gasteiger charge is 2.22. The van der Waals surface area contributed by atoms with Crippen LogP contribution in [-0.4, -0.2) is 25.6 Å². The van der Waals surface area contributed by atoms with Gasteiger partial charge in [-0.3, -0.25) is 4.79 Å². The number of hydrogen-bond donors (Lipinski definition) is 2. The number of ether oxygens (including phenoxy) is 1. The standard InChI is InChI=1S/C19H19F2N3O2/c1-13(18(25)23-16-7-3-14(11-22)4-8-16)24(2)12-15-5-9-17(10-6-15)26-19(20)21/h3-10,13,19H,12H2,1-2H3,(H,23,25)/p+1/t13-/m1/s1. The number of likely N-dealkylation sites (N-methyl/N-ethyl adjacent to an activating group) is 1. The summed E-state index contributed by atoms with van der Waals surface area (Å²) in [6, 6.07) is 14.7. The zero-order chi connectivity index (χ0) is 19.1. The number of hydrogen-bond acceptors (Lipinski definition) is 3. The van der Waals surface area contributed by atoms with Crippen molar-refractivity contribution in [3.8, 4) is 11.8 Å². The van der Waals surface area contributed by atoms with Crippen LogP contribution < -0.4 is 15.0 Å². The van der Waals surface area contributed by atoms with Gasteiger partial charge in [-0.25, -0.2) is 0 Å². The summed E-state index contributed by atoms with van der Waals surface area (Å²) in [7, 11) is 1.88. The molecule has 0 radical (unpaired) electrons. The van der Waals surface area contributed by atoms with Crippen molar-refractivity contribution >= 4 is 11.6 Å². The highest BCUT2D eigenvalue weighted by Crippen LogP contribution is 2.14. The van der Waals surface area contributed by atoms with E-state index < -0.39 is 6.61 Å². The molecule has 0 bridgehead atoms. The number of carbonyl (C=O) groups excluding carboxylic acids is 1. The molecule has 2 aromatic carbocycles. The molecule has 0 heterocycles. The molecule has 2 aromatic rings. The van der Waals surface area contributed by atoms with Crippen LogP contribution in [0.1, 0.15) is 18.1 Å². The molecule has 136 valence electrons. The monoisotopic (exact) mass is 360 g/mol. The summed E-state index contributed by atoms with van der Waals surface area (Å²) in [5.41, 5.74) is 2.06. The lowest BCUT2D eigenvalue weighted by Gasteiger charge is -2.21. The largest absolute Gasteiger partial charge is 0.435 e. The van der Waals surface area contributed by atoms with E-state index in [0.29, 0.717) is 17.8 Å². The second-order valence-corrected chi connectivity index (χ2v) is 5.95. The Morgan fingerprint density at radius 3 is 2.35 bits per heavy atom. The van der Waals surface area contributed by atoms with Gasteiger partial charge < -0.3 is 15.0 Å². The van der Waals surface area contributed by atoms with E-state index in [2.05, 4.69) is 10.1 Å². The van der Waals surface area contributed by atoms with Gasteiger partial charge in [-0.2, -0.15) is 14.0 Å². The summed E-state index contributed by atoms with van der Waals surface area (Å²) in [5, 5.41) is 11.6. The molecule has 1 amide bonds.